The molecule has 21 heavy (non-hydrogen) atoms. The molecule has 0 heterocycles. The third kappa shape index (κ3) is 5.95. The summed E-state index contributed by atoms with van der Waals surface area (Å²) in [4.78, 5) is 23.3. The number of carbonyl (C=O) groups excluding carboxylic acids is 2. The van der Waals surface area contributed by atoms with Gasteiger partial charge in [-0.1, -0.05) is 25.4 Å². The molecule has 0 atom stereocenters. The van der Waals surface area contributed by atoms with E-state index in [9.17, 15) is 9.59 Å². The largest absolute Gasteiger partial charge is 0.326 e. The number of hydrogen-bond acceptors (Lipinski definition) is 3. The molecule has 0 spiro atoms. The zero-order chi connectivity index (χ0) is 16.0. The van der Waals surface area contributed by atoms with E-state index in [4.69, 9.17) is 11.6 Å². The number of halogens is 1. The van der Waals surface area contributed by atoms with E-state index in [2.05, 4.69) is 15.8 Å². The number of hydrazone groups is 1. The highest BCUT2D eigenvalue weighted by Crippen LogP contribution is 2.19. The van der Waals surface area contributed by atoms with Gasteiger partial charge in [-0.15, -0.1) is 0 Å². The van der Waals surface area contributed by atoms with Gasteiger partial charge in [-0.2, -0.15) is 5.10 Å². The van der Waals surface area contributed by atoms with Crippen LogP contribution in [0.4, 0.5) is 5.69 Å². The van der Waals surface area contributed by atoms with E-state index in [-0.39, 0.29) is 24.2 Å². The highest BCUT2D eigenvalue weighted by atomic mass is 35.5. The van der Waals surface area contributed by atoms with Gasteiger partial charge in [0.15, 0.2) is 0 Å². The van der Waals surface area contributed by atoms with Crippen LogP contribution in [0.3, 0.4) is 0 Å². The van der Waals surface area contributed by atoms with Gasteiger partial charge in [-0.05, 0) is 37.6 Å². The van der Waals surface area contributed by atoms with E-state index in [1.807, 2.05) is 6.92 Å². The molecule has 0 fully saturated rings. The number of benzene rings is 1. The van der Waals surface area contributed by atoms with E-state index in [1.54, 1.807) is 39.0 Å². The summed E-state index contributed by atoms with van der Waals surface area (Å²) in [5.41, 5.74) is 4.56. The molecule has 0 aromatic heterocycles. The number of rotatable bonds is 5. The number of anilines is 1. The maximum Gasteiger partial charge on any atom is 0.242 e. The first-order chi connectivity index (χ1) is 9.79. The van der Waals surface area contributed by atoms with Crippen LogP contribution in [0.15, 0.2) is 23.3 Å². The van der Waals surface area contributed by atoms with Crippen molar-refractivity contribution < 1.29 is 9.59 Å². The minimum Gasteiger partial charge on any atom is -0.326 e. The molecule has 114 valence electrons. The summed E-state index contributed by atoms with van der Waals surface area (Å²) in [5.74, 6) is -0.518. The lowest BCUT2D eigenvalue weighted by atomic mass is 10.2. The first-order valence-corrected chi connectivity index (χ1v) is 7.06. The zero-order valence-corrected chi connectivity index (χ0v) is 13.4. The van der Waals surface area contributed by atoms with Crippen LogP contribution in [0.25, 0.3) is 0 Å². The average Bonchev–Trinajstić information content (AvgIpc) is 2.39. The Kier molecular flexibility index (Phi) is 6.37. The smallest absolute Gasteiger partial charge is 0.242 e. The molecule has 2 N–H and O–H groups in total. The molecule has 1 aromatic carbocycles. The van der Waals surface area contributed by atoms with Crippen molar-refractivity contribution in [2.75, 3.05) is 5.32 Å². The van der Waals surface area contributed by atoms with Crippen LogP contribution in [-0.4, -0.2) is 17.5 Å². The Morgan fingerprint density at radius 2 is 2.00 bits per heavy atom. The average molecular weight is 310 g/mol. The summed E-state index contributed by atoms with van der Waals surface area (Å²) in [6.07, 6.45) is 0.112. The number of nitrogens with one attached hydrogen (secondary N) is 2. The number of aryl methyl sites for hydroxylation is 1. The number of carbonyl (C=O) groups is 2. The normalized spacial score (nSPS) is 11.4. The number of amides is 2. The Hall–Kier alpha value is -1.88. The Bertz CT molecular complexity index is 568. The molecule has 1 rings (SSSR count). The number of nitrogens with zero attached hydrogens (tertiary/aromatic N) is 1. The van der Waals surface area contributed by atoms with Gasteiger partial charge in [0.1, 0.15) is 0 Å². The molecule has 0 bridgehead atoms. The fourth-order valence-electron chi connectivity index (χ4n) is 1.51. The molecule has 0 unspecified atom stereocenters. The van der Waals surface area contributed by atoms with Gasteiger partial charge in [-0.3, -0.25) is 9.59 Å². The van der Waals surface area contributed by atoms with Crippen molar-refractivity contribution in [2.24, 2.45) is 11.0 Å². The molecule has 0 aliphatic heterocycles. The second-order valence-electron chi connectivity index (χ2n) is 5.16. The van der Waals surface area contributed by atoms with Crippen molar-refractivity contribution in [3.05, 3.63) is 28.8 Å². The third-order valence-corrected chi connectivity index (χ3v) is 3.00. The van der Waals surface area contributed by atoms with Crippen LogP contribution in [0.2, 0.25) is 5.02 Å². The molecule has 1 aromatic rings. The van der Waals surface area contributed by atoms with E-state index in [0.29, 0.717) is 16.4 Å². The Morgan fingerprint density at radius 1 is 1.33 bits per heavy atom. The Morgan fingerprint density at radius 3 is 2.57 bits per heavy atom. The molecular weight excluding hydrogens is 290 g/mol. The van der Waals surface area contributed by atoms with Crippen LogP contribution in [0.1, 0.15) is 32.8 Å². The molecule has 0 aliphatic rings. The van der Waals surface area contributed by atoms with Crippen molar-refractivity contribution >= 4 is 34.8 Å². The fourth-order valence-corrected chi connectivity index (χ4v) is 1.74. The van der Waals surface area contributed by atoms with Crippen molar-refractivity contribution in [3.8, 4) is 0 Å². The summed E-state index contributed by atoms with van der Waals surface area (Å²) in [6.45, 7) is 7.10. The third-order valence-electron chi connectivity index (χ3n) is 2.76. The monoisotopic (exact) mass is 309 g/mol. The fraction of sp³-hybridized carbons (Fsp3) is 0.400. The Labute approximate surface area is 129 Å². The predicted molar refractivity (Wildman–Crippen MR) is 85.5 cm³/mol. The second-order valence-corrected chi connectivity index (χ2v) is 5.60. The lowest BCUT2D eigenvalue weighted by Gasteiger charge is -2.09. The SMILES string of the molecule is CC(CC(=O)Nc1ccc(Cl)cc1C)=NNC(=O)C(C)C. The molecule has 0 saturated carbocycles. The van der Waals surface area contributed by atoms with Crippen LogP contribution in [0, 0.1) is 12.8 Å². The zero-order valence-electron chi connectivity index (χ0n) is 12.7. The number of hydrogen-bond donors (Lipinski definition) is 2. The van der Waals surface area contributed by atoms with E-state index in [0.717, 1.165) is 5.56 Å². The lowest BCUT2D eigenvalue weighted by Crippen LogP contribution is -2.25. The van der Waals surface area contributed by atoms with Gasteiger partial charge >= 0.3 is 0 Å². The highest BCUT2D eigenvalue weighted by Gasteiger charge is 2.08. The van der Waals surface area contributed by atoms with Gasteiger partial charge in [0.2, 0.25) is 11.8 Å². The van der Waals surface area contributed by atoms with Crippen LogP contribution in [-0.2, 0) is 9.59 Å². The lowest BCUT2D eigenvalue weighted by molar-refractivity contribution is -0.124. The second kappa shape index (κ2) is 7.78. The van der Waals surface area contributed by atoms with Crippen LogP contribution in [0.5, 0.6) is 0 Å². The maximum atomic E-state index is 11.9. The molecule has 0 aliphatic carbocycles. The first-order valence-electron chi connectivity index (χ1n) is 6.68. The van der Waals surface area contributed by atoms with Gasteiger partial charge < -0.3 is 5.32 Å². The van der Waals surface area contributed by atoms with Crippen molar-refractivity contribution in [2.45, 2.75) is 34.1 Å². The van der Waals surface area contributed by atoms with Gasteiger partial charge in [0, 0.05) is 22.3 Å². The highest BCUT2D eigenvalue weighted by molar-refractivity contribution is 6.30. The van der Waals surface area contributed by atoms with Crippen molar-refractivity contribution in [3.63, 3.8) is 0 Å². The van der Waals surface area contributed by atoms with Gasteiger partial charge in [0.25, 0.3) is 0 Å². The summed E-state index contributed by atoms with van der Waals surface area (Å²) < 4.78 is 0. The summed E-state index contributed by atoms with van der Waals surface area (Å²) >= 11 is 5.86. The minimum absolute atomic E-state index is 0.112. The van der Waals surface area contributed by atoms with Crippen LogP contribution < -0.4 is 10.7 Å². The van der Waals surface area contributed by atoms with E-state index in [1.165, 1.54) is 0 Å². The van der Waals surface area contributed by atoms with Crippen LogP contribution >= 0.6 is 11.6 Å². The van der Waals surface area contributed by atoms with Gasteiger partial charge in [0.05, 0.1) is 6.42 Å². The summed E-state index contributed by atoms with van der Waals surface area (Å²) in [6, 6.07) is 5.25. The van der Waals surface area contributed by atoms with Crippen molar-refractivity contribution in [1.82, 2.24) is 5.43 Å². The van der Waals surface area contributed by atoms with E-state index < -0.39 is 0 Å². The summed E-state index contributed by atoms with van der Waals surface area (Å²) in [7, 11) is 0. The molecule has 2 amide bonds. The predicted octanol–water partition coefficient (Wildman–Crippen LogP) is 3.13. The standard InChI is InChI=1S/C15H20ClN3O2/c1-9(2)15(21)19-18-11(4)8-14(20)17-13-6-5-12(16)7-10(13)3/h5-7,9H,8H2,1-4H3,(H,17,20)(H,19,21). The van der Waals surface area contributed by atoms with Gasteiger partial charge in [-0.25, -0.2) is 5.43 Å². The molecular formula is C15H20ClN3O2. The summed E-state index contributed by atoms with van der Waals surface area (Å²) in [5, 5.41) is 7.31. The van der Waals surface area contributed by atoms with Crippen molar-refractivity contribution in [1.29, 1.82) is 0 Å². The molecule has 0 radical (unpaired) electrons. The molecule has 5 nitrogen and oxygen atoms in total. The maximum absolute atomic E-state index is 11.9. The Balaban J connectivity index is 2.57. The minimum atomic E-state index is -0.194. The molecule has 6 heteroatoms. The molecule has 0 saturated heterocycles. The topological polar surface area (TPSA) is 70.6 Å². The first kappa shape index (κ1) is 17.2. The van der Waals surface area contributed by atoms with E-state index >= 15 is 0 Å². The quantitative estimate of drug-likeness (QED) is 0.648.